The van der Waals surface area contributed by atoms with Gasteiger partial charge >= 0.3 is 0 Å². The Labute approximate surface area is 62.0 Å². The average Bonchev–Trinajstić information content (AvgIpc) is 2.75. The summed E-state index contributed by atoms with van der Waals surface area (Å²) in [6.07, 6.45) is -0.827. The smallest absolute Gasteiger partial charge is 0.287 e. The second-order valence-corrected chi connectivity index (χ2v) is 2.86. The number of aliphatic hydroxyl groups is 2. The first-order valence-electron chi connectivity index (χ1n) is 3.24. The lowest BCUT2D eigenvalue weighted by atomic mass is 10.4. The van der Waals surface area contributed by atoms with E-state index in [1.54, 1.807) is 0 Å². The van der Waals surface area contributed by atoms with E-state index < -0.39 is 17.9 Å². The maximum Gasteiger partial charge on any atom is 0.287 e. The summed E-state index contributed by atoms with van der Waals surface area (Å²) >= 11 is 0. The van der Waals surface area contributed by atoms with Crippen molar-refractivity contribution in [1.29, 1.82) is 0 Å². The van der Waals surface area contributed by atoms with Gasteiger partial charge in [-0.05, 0) is 0 Å². The first-order chi connectivity index (χ1) is 5.11. The molecule has 1 aliphatic heterocycles. The molecular formula is C5H8N2O4. The SMILES string of the molecule is O=C(NO)C(O)N1C2CC21O. The number of carbonyl (C=O) groups is 1. The number of aliphatic hydroxyl groups excluding tert-OH is 1. The summed E-state index contributed by atoms with van der Waals surface area (Å²) in [7, 11) is 0. The van der Waals surface area contributed by atoms with Gasteiger partial charge in [0.15, 0.2) is 6.23 Å². The molecule has 4 unspecified atom stereocenters. The monoisotopic (exact) mass is 160 g/mol. The Hall–Kier alpha value is -0.690. The van der Waals surface area contributed by atoms with Gasteiger partial charge in [-0.15, -0.1) is 0 Å². The van der Waals surface area contributed by atoms with Crippen LogP contribution in [-0.4, -0.2) is 44.2 Å². The zero-order chi connectivity index (χ0) is 8.22. The highest BCUT2D eigenvalue weighted by atomic mass is 16.5. The molecule has 62 valence electrons. The van der Waals surface area contributed by atoms with Gasteiger partial charge in [-0.25, -0.2) is 10.4 Å². The number of rotatable bonds is 2. The number of hydrogen-bond acceptors (Lipinski definition) is 5. The van der Waals surface area contributed by atoms with Crippen molar-refractivity contribution in [3.63, 3.8) is 0 Å². The molecule has 0 bridgehead atoms. The largest absolute Gasteiger partial charge is 0.374 e. The molecule has 1 aliphatic carbocycles. The van der Waals surface area contributed by atoms with E-state index in [2.05, 4.69) is 0 Å². The molecule has 1 heterocycles. The van der Waals surface area contributed by atoms with E-state index in [-0.39, 0.29) is 6.04 Å². The van der Waals surface area contributed by atoms with Crippen LogP contribution in [0.15, 0.2) is 0 Å². The molecule has 0 aromatic heterocycles. The predicted octanol–water partition coefficient (Wildman–Crippen LogP) is -2.41. The van der Waals surface area contributed by atoms with Crippen LogP contribution in [0.1, 0.15) is 6.42 Å². The second-order valence-electron chi connectivity index (χ2n) is 2.86. The third kappa shape index (κ3) is 0.719. The first kappa shape index (κ1) is 6.99. The molecule has 1 saturated carbocycles. The summed E-state index contributed by atoms with van der Waals surface area (Å²) in [6.45, 7) is 0. The number of carbonyl (C=O) groups excluding carboxylic acids is 1. The molecule has 0 radical (unpaired) electrons. The van der Waals surface area contributed by atoms with Crippen molar-refractivity contribution in [2.45, 2.75) is 24.4 Å². The molecule has 2 fully saturated rings. The van der Waals surface area contributed by atoms with Gasteiger partial charge in [0.05, 0.1) is 6.04 Å². The molecule has 0 spiro atoms. The van der Waals surface area contributed by atoms with Gasteiger partial charge in [0.25, 0.3) is 5.91 Å². The molecule has 2 rings (SSSR count). The molecule has 0 aromatic carbocycles. The van der Waals surface area contributed by atoms with Crippen molar-refractivity contribution in [3.8, 4) is 0 Å². The van der Waals surface area contributed by atoms with Crippen molar-refractivity contribution >= 4 is 5.91 Å². The third-order valence-corrected chi connectivity index (χ3v) is 2.19. The minimum Gasteiger partial charge on any atom is -0.374 e. The summed E-state index contributed by atoms with van der Waals surface area (Å²) in [5.74, 6) is -0.911. The fraction of sp³-hybridized carbons (Fsp3) is 0.800. The van der Waals surface area contributed by atoms with Crippen LogP contribution in [0.3, 0.4) is 0 Å². The van der Waals surface area contributed by atoms with Gasteiger partial charge in [0.2, 0.25) is 0 Å². The molecule has 1 saturated heterocycles. The van der Waals surface area contributed by atoms with Crippen LogP contribution in [-0.2, 0) is 4.79 Å². The van der Waals surface area contributed by atoms with Gasteiger partial charge < -0.3 is 10.2 Å². The quantitative estimate of drug-likeness (QED) is 0.205. The van der Waals surface area contributed by atoms with Gasteiger partial charge in [0, 0.05) is 6.42 Å². The lowest BCUT2D eigenvalue weighted by Gasteiger charge is -2.15. The Bertz CT molecular complexity index is 221. The minimum atomic E-state index is -1.43. The number of fused-ring (bicyclic) bond motifs is 1. The molecule has 4 N–H and O–H groups in total. The van der Waals surface area contributed by atoms with Gasteiger partial charge in [0.1, 0.15) is 5.72 Å². The number of nitrogens with zero attached hydrogens (tertiary/aromatic N) is 1. The molecule has 4 atom stereocenters. The maximum atomic E-state index is 10.5. The van der Waals surface area contributed by atoms with Crippen LogP contribution in [0, 0.1) is 0 Å². The molecule has 6 nitrogen and oxygen atoms in total. The lowest BCUT2D eigenvalue weighted by Crippen LogP contribution is -2.42. The van der Waals surface area contributed by atoms with Crippen molar-refractivity contribution in [2.24, 2.45) is 0 Å². The van der Waals surface area contributed by atoms with Crippen LogP contribution in [0.4, 0.5) is 0 Å². The average molecular weight is 160 g/mol. The van der Waals surface area contributed by atoms with E-state index in [0.717, 1.165) is 0 Å². The number of hydrogen-bond donors (Lipinski definition) is 4. The van der Waals surface area contributed by atoms with Gasteiger partial charge in [-0.2, -0.15) is 0 Å². The predicted molar refractivity (Wildman–Crippen MR) is 31.1 cm³/mol. The maximum absolute atomic E-state index is 10.5. The third-order valence-electron chi connectivity index (χ3n) is 2.19. The van der Waals surface area contributed by atoms with Gasteiger partial charge in [-0.3, -0.25) is 10.0 Å². The highest BCUT2D eigenvalue weighted by molar-refractivity contribution is 5.79. The van der Waals surface area contributed by atoms with Crippen LogP contribution in [0.2, 0.25) is 0 Å². The number of amides is 1. The standard InChI is InChI=1S/C5H8N2O4/c8-3(6-11)4(9)7-2-1-5(2,7)10/h2,4,9-11H,1H2,(H,6,8). The zero-order valence-electron chi connectivity index (χ0n) is 5.56. The summed E-state index contributed by atoms with van der Waals surface area (Å²) in [5, 5.41) is 26.3. The zero-order valence-corrected chi connectivity index (χ0v) is 5.56. The van der Waals surface area contributed by atoms with E-state index in [1.807, 2.05) is 0 Å². The summed E-state index contributed by atoms with van der Waals surface area (Å²) in [4.78, 5) is 11.8. The van der Waals surface area contributed by atoms with E-state index in [0.29, 0.717) is 6.42 Å². The molecule has 11 heavy (non-hydrogen) atoms. The number of likely N-dealkylation sites (tertiary alicyclic amines) is 1. The number of nitrogens with one attached hydrogen (secondary N) is 1. The first-order valence-corrected chi connectivity index (χ1v) is 3.24. The fourth-order valence-corrected chi connectivity index (χ4v) is 1.29. The van der Waals surface area contributed by atoms with Gasteiger partial charge in [-0.1, -0.05) is 0 Å². The van der Waals surface area contributed by atoms with E-state index in [9.17, 15) is 9.90 Å². The van der Waals surface area contributed by atoms with Crippen LogP contribution in [0.25, 0.3) is 0 Å². The molecule has 0 aromatic rings. The molecule has 1 amide bonds. The van der Waals surface area contributed by atoms with E-state index in [4.69, 9.17) is 10.3 Å². The minimum absolute atomic E-state index is 0.0881. The van der Waals surface area contributed by atoms with E-state index >= 15 is 0 Å². The Balaban J connectivity index is 1.93. The summed E-state index contributed by atoms with van der Waals surface area (Å²) in [5.41, 5.74) is 0.350. The molecule has 2 aliphatic rings. The second kappa shape index (κ2) is 1.72. The Morgan fingerprint density at radius 1 is 1.82 bits per heavy atom. The Morgan fingerprint density at radius 3 is 2.64 bits per heavy atom. The summed E-state index contributed by atoms with van der Waals surface area (Å²) < 4.78 is 0. The van der Waals surface area contributed by atoms with Crippen molar-refractivity contribution in [3.05, 3.63) is 0 Å². The van der Waals surface area contributed by atoms with Crippen molar-refractivity contribution in [2.75, 3.05) is 0 Å². The highest BCUT2D eigenvalue weighted by Crippen LogP contribution is 2.61. The lowest BCUT2D eigenvalue weighted by molar-refractivity contribution is -0.148. The van der Waals surface area contributed by atoms with Crippen molar-refractivity contribution < 1.29 is 20.2 Å². The van der Waals surface area contributed by atoms with E-state index in [1.165, 1.54) is 10.4 Å². The topological polar surface area (TPSA) is 92.8 Å². The molecule has 6 heteroatoms. The molecular weight excluding hydrogens is 152 g/mol. The van der Waals surface area contributed by atoms with Crippen LogP contribution in [0.5, 0.6) is 0 Å². The van der Waals surface area contributed by atoms with Crippen molar-refractivity contribution in [1.82, 2.24) is 10.4 Å². The Kier molecular flexibility index (Phi) is 1.10. The Morgan fingerprint density at radius 2 is 2.36 bits per heavy atom. The number of hydroxylamine groups is 1. The normalized spacial score (nSPS) is 47.5. The van der Waals surface area contributed by atoms with Crippen LogP contribution < -0.4 is 5.48 Å². The fourth-order valence-electron chi connectivity index (χ4n) is 1.29. The summed E-state index contributed by atoms with van der Waals surface area (Å²) in [6, 6.07) is -0.0881. The highest BCUT2D eigenvalue weighted by Gasteiger charge is 2.80. The van der Waals surface area contributed by atoms with Crippen LogP contribution >= 0.6 is 0 Å².